The Morgan fingerprint density at radius 1 is 0.962 bits per heavy atom. The predicted molar refractivity (Wildman–Crippen MR) is 106 cm³/mol. The van der Waals surface area contributed by atoms with Crippen molar-refractivity contribution in [2.24, 2.45) is 0 Å². The van der Waals surface area contributed by atoms with E-state index in [4.69, 9.17) is 4.98 Å². The zero-order chi connectivity index (χ0) is 18.1. The number of aromatic nitrogens is 1. The van der Waals surface area contributed by atoms with Gasteiger partial charge in [0.05, 0.1) is 16.8 Å². The van der Waals surface area contributed by atoms with Gasteiger partial charge in [0.1, 0.15) is 0 Å². The molecule has 0 spiro atoms. The zero-order valence-electron chi connectivity index (χ0n) is 15.4. The van der Waals surface area contributed by atoms with Crippen molar-refractivity contribution in [3.05, 3.63) is 66.2 Å². The van der Waals surface area contributed by atoms with Crippen molar-refractivity contribution < 1.29 is 4.79 Å². The van der Waals surface area contributed by atoms with E-state index < -0.39 is 0 Å². The summed E-state index contributed by atoms with van der Waals surface area (Å²) >= 11 is 0. The van der Waals surface area contributed by atoms with Gasteiger partial charge < -0.3 is 4.90 Å². The van der Waals surface area contributed by atoms with Crippen molar-refractivity contribution in [1.29, 1.82) is 0 Å². The number of rotatable bonds is 2. The molecule has 2 atom stereocenters. The summed E-state index contributed by atoms with van der Waals surface area (Å²) in [5, 5.41) is 0.933. The van der Waals surface area contributed by atoms with Crippen LogP contribution in [0.2, 0.25) is 0 Å². The van der Waals surface area contributed by atoms with Crippen LogP contribution in [0.25, 0.3) is 22.2 Å². The fourth-order valence-electron chi connectivity index (χ4n) is 4.07. The van der Waals surface area contributed by atoms with Gasteiger partial charge in [0.15, 0.2) is 0 Å². The molecule has 2 heterocycles. The lowest BCUT2D eigenvalue weighted by atomic mass is 9.95. The maximum Gasteiger partial charge on any atom is 0.255 e. The Balaban J connectivity index is 1.86. The first-order valence-corrected chi connectivity index (χ1v) is 9.43. The quantitative estimate of drug-likeness (QED) is 0.631. The van der Waals surface area contributed by atoms with E-state index in [1.54, 1.807) is 0 Å². The number of piperidine rings is 1. The molecule has 3 nitrogen and oxygen atoms in total. The molecule has 0 radical (unpaired) electrons. The molecule has 3 heteroatoms. The number of hydrogen-bond acceptors (Lipinski definition) is 2. The fraction of sp³-hybridized carbons (Fsp3) is 0.304. The molecule has 1 amide bonds. The molecule has 2 aromatic carbocycles. The van der Waals surface area contributed by atoms with Crippen molar-refractivity contribution in [3.8, 4) is 11.3 Å². The second-order valence-electron chi connectivity index (χ2n) is 7.28. The van der Waals surface area contributed by atoms with Gasteiger partial charge in [-0.1, -0.05) is 48.5 Å². The third-order valence-corrected chi connectivity index (χ3v) is 5.44. The van der Waals surface area contributed by atoms with E-state index in [0.717, 1.165) is 40.6 Å². The number of carbonyl (C=O) groups is 1. The second-order valence-corrected chi connectivity index (χ2v) is 7.28. The van der Waals surface area contributed by atoms with Crippen LogP contribution in [0.3, 0.4) is 0 Å². The number of likely N-dealkylation sites (tertiary alicyclic amines) is 1. The Kier molecular flexibility index (Phi) is 4.46. The largest absolute Gasteiger partial charge is 0.333 e. The van der Waals surface area contributed by atoms with Gasteiger partial charge >= 0.3 is 0 Å². The maximum absolute atomic E-state index is 13.5. The zero-order valence-corrected chi connectivity index (χ0v) is 15.4. The van der Waals surface area contributed by atoms with Gasteiger partial charge in [0, 0.05) is 23.0 Å². The van der Waals surface area contributed by atoms with Crippen LogP contribution in [0, 0.1) is 0 Å². The van der Waals surface area contributed by atoms with E-state index >= 15 is 0 Å². The molecular formula is C23H24N2O. The van der Waals surface area contributed by atoms with E-state index in [1.807, 2.05) is 60.7 Å². The molecule has 0 aliphatic carbocycles. The fourth-order valence-corrected chi connectivity index (χ4v) is 4.07. The monoisotopic (exact) mass is 344 g/mol. The average Bonchev–Trinajstić information content (AvgIpc) is 2.67. The molecule has 0 bridgehead atoms. The number of pyridine rings is 1. The molecule has 1 aliphatic rings. The Hall–Kier alpha value is -2.68. The molecule has 4 rings (SSSR count). The van der Waals surface area contributed by atoms with Gasteiger partial charge in [0.25, 0.3) is 5.91 Å². The first-order chi connectivity index (χ1) is 12.6. The number of fused-ring (bicyclic) bond motifs is 1. The predicted octanol–water partition coefficient (Wildman–Crippen LogP) is 5.30. The summed E-state index contributed by atoms with van der Waals surface area (Å²) in [6.07, 6.45) is 3.34. The normalized spacial score (nSPS) is 20.3. The SMILES string of the molecule is CC1CCCC(C)N1C(=O)c1cc(-c2ccccc2)nc2ccccc12. The summed E-state index contributed by atoms with van der Waals surface area (Å²) in [5.74, 6) is 0.125. The first-order valence-electron chi connectivity index (χ1n) is 9.43. The molecule has 132 valence electrons. The van der Waals surface area contributed by atoms with Gasteiger partial charge in [-0.15, -0.1) is 0 Å². The van der Waals surface area contributed by atoms with E-state index in [0.29, 0.717) is 0 Å². The lowest BCUT2D eigenvalue weighted by Gasteiger charge is -2.39. The van der Waals surface area contributed by atoms with Crippen molar-refractivity contribution >= 4 is 16.8 Å². The number of hydrogen-bond donors (Lipinski definition) is 0. The highest BCUT2D eigenvalue weighted by atomic mass is 16.2. The lowest BCUT2D eigenvalue weighted by Crippen LogP contribution is -2.47. The lowest BCUT2D eigenvalue weighted by molar-refractivity contribution is 0.0513. The Labute approximate surface area is 154 Å². The van der Waals surface area contributed by atoms with Crippen LogP contribution in [0.5, 0.6) is 0 Å². The van der Waals surface area contributed by atoms with Crippen molar-refractivity contribution in [3.63, 3.8) is 0 Å². The maximum atomic E-state index is 13.5. The Morgan fingerprint density at radius 3 is 2.35 bits per heavy atom. The van der Waals surface area contributed by atoms with Crippen LogP contribution in [0.15, 0.2) is 60.7 Å². The molecule has 1 aromatic heterocycles. The van der Waals surface area contributed by atoms with Crippen LogP contribution in [-0.2, 0) is 0 Å². The van der Waals surface area contributed by atoms with Gasteiger partial charge in [-0.2, -0.15) is 0 Å². The summed E-state index contributed by atoms with van der Waals surface area (Å²) in [4.78, 5) is 20.4. The topological polar surface area (TPSA) is 33.2 Å². The third-order valence-electron chi connectivity index (χ3n) is 5.44. The third kappa shape index (κ3) is 2.98. The molecule has 2 unspecified atom stereocenters. The van der Waals surface area contributed by atoms with E-state index in [2.05, 4.69) is 18.7 Å². The number of amides is 1. The standard InChI is InChI=1S/C23H24N2O/c1-16-9-8-10-17(2)25(16)23(26)20-15-22(18-11-4-3-5-12-18)24-21-14-7-6-13-19(20)21/h3-7,11-17H,8-10H2,1-2H3. The van der Waals surface area contributed by atoms with Crippen molar-refractivity contribution in [2.45, 2.75) is 45.2 Å². The highest BCUT2D eigenvalue weighted by Gasteiger charge is 2.30. The Bertz CT molecular complexity index is 925. The van der Waals surface area contributed by atoms with Crippen LogP contribution < -0.4 is 0 Å². The van der Waals surface area contributed by atoms with Gasteiger partial charge in [-0.05, 0) is 45.2 Å². The molecule has 26 heavy (non-hydrogen) atoms. The minimum atomic E-state index is 0.125. The van der Waals surface area contributed by atoms with E-state index in [1.165, 1.54) is 6.42 Å². The average molecular weight is 344 g/mol. The van der Waals surface area contributed by atoms with Crippen molar-refractivity contribution in [2.75, 3.05) is 0 Å². The van der Waals surface area contributed by atoms with Crippen molar-refractivity contribution in [1.82, 2.24) is 9.88 Å². The molecule has 0 N–H and O–H groups in total. The molecule has 1 aliphatic heterocycles. The number of benzene rings is 2. The number of carbonyl (C=O) groups excluding carboxylic acids is 1. The summed E-state index contributed by atoms with van der Waals surface area (Å²) < 4.78 is 0. The molecule has 3 aromatic rings. The summed E-state index contributed by atoms with van der Waals surface area (Å²) in [7, 11) is 0. The minimum absolute atomic E-state index is 0.125. The highest BCUT2D eigenvalue weighted by molar-refractivity contribution is 6.07. The smallest absolute Gasteiger partial charge is 0.255 e. The van der Waals surface area contributed by atoms with Gasteiger partial charge in [-0.25, -0.2) is 4.98 Å². The molecule has 0 saturated carbocycles. The summed E-state index contributed by atoms with van der Waals surface area (Å²) in [5.41, 5.74) is 3.52. The molecular weight excluding hydrogens is 320 g/mol. The van der Waals surface area contributed by atoms with E-state index in [9.17, 15) is 4.79 Å². The van der Waals surface area contributed by atoms with Crippen LogP contribution >= 0.6 is 0 Å². The first kappa shape index (κ1) is 16.8. The Morgan fingerprint density at radius 2 is 1.62 bits per heavy atom. The van der Waals surface area contributed by atoms with Crippen LogP contribution in [-0.4, -0.2) is 27.9 Å². The molecule has 1 fully saturated rings. The second kappa shape index (κ2) is 6.91. The van der Waals surface area contributed by atoms with Gasteiger partial charge in [-0.3, -0.25) is 4.79 Å². The minimum Gasteiger partial charge on any atom is -0.333 e. The number of para-hydroxylation sites is 1. The molecule has 1 saturated heterocycles. The van der Waals surface area contributed by atoms with Crippen LogP contribution in [0.1, 0.15) is 43.5 Å². The summed E-state index contributed by atoms with van der Waals surface area (Å²) in [6.45, 7) is 4.32. The number of nitrogens with zero attached hydrogens (tertiary/aromatic N) is 2. The summed E-state index contributed by atoms with van der Waals surface area (Å²) in [6, 6.07) is 20.5. The van der Waals surface area contributed by atoms with Gasteiger partial charge in [0.2, 0.25) is 0 Å². The van der Waals surface area contributed by atoms with Crippen LogP contribution in [0.4, 0.5) is 0 Å². The van der Waals surface area contributed by atoms with E-state index in [-0.39, 0.29) is 18.0 Å². The highest BCUT2D eigenvalue weighted by Crippen LogP contribution is 2.29.